The van der Waals surface area contributed by atoms with E-state index in [1.54, 1.807) is 0 Å². The summed E-state index contributed by atoms with van der Waals surface area (Å²) in [4.78, 5) is 37.8. The van der Waals surface area contributed by atoms with E-state index in [1.807, 2.05) is 21.1 Å². The summed E-state index contributed by atoms with van der Waals surface area (Å²) in [5, 5.41) is 9.79. The van der Waals surface area contributed by atoms with Gasteiger partial charge in [-0.2, -0.15) is 0 Å². The third-order valence-corrected chi connectivity index (χ3v) is 21.1. The van der Waals surface area contributed by atoms with Crippen molar-refractivity contribution in [2.45, 2.75) is 508 Å². The van der Waals surface area contributed by atoms with Crippen LogP contribution in [0.2, 0.25) is 0 Å². The summed E-state index contributed by atoms with van der Waals surface area (Å²) < 4.78 is 23.1. The van der Waals surface area contributed by atoms with Gasteiger partial charge < -0.3 is 28.5 Å². The zero-order chi connectivity index (χ0) is 71.1. The number of ether oxygens (including phenoxy) is 4. The number of hydrogen-bond donors (Lipinski definition) is 1. The van der Waals surface area contributed by atoms with Crippen LogP contribution in [0.4, 0.5) is 0 Å². The molecule has 0 spiro atoms. The molecule has 0 bridgehead atoms. The number of carbonyl (C=O) groups is 3. The number of hydrogen-bond acceptors (Lipinski definition) is 7. The summed E-state index contributed by atoms with van der Waals surface area (Å²) in [6, 6.07) is 0. The van der Waals surface area contributed by atoms with Crippen molar-refractivity contribution < 1.29 is 42.9 Å². The molecule has 0 radical (unpaired) electrons. The number of aliphatic carboxylic acids is 1. The Balaban J connectivity index is 3.88. The first-order valence-electron chi connectivity index (χ1n) is 44.7. The zero-order valence-electron chi connectivity index (χ0n) is 67.3. The van der Waals surface area contributed by atoms with Crippen molar-refractivity contribution in [3.05, 3.63) is 0 Å². The number of rotatable bonds is 86. The van der Waals surface area contributed by atoms with Gasteiger partial charge in [-0.25, -0.2) is 4.79 Å². The first-order valence-corrected chi connectivity index (χ1v) is 44.7. The van der Waals surface area contributed by atoms with Crippen LogP contribution in [-0.4, -0.2) is 87.4 Å². The molecule has 0 aromatic heterocycles. The fourth-order valence-electron chi connectivity index (χ4n) is 14.3. The lowest BCUT2D eigenvalue weighted by Crippen LogP contribution is -2.40. The SMILES string of the molecule is CCCCCCCCCCCCCCCCCCCCCCCCCCCCCCCCCCCCCCCCC(=O)OC(COC(=O)CCCCCCCCCCCCCCCCCCCCCCCCCCCCCCCCCCCCC)COC(OCC[N+](C)(C)C)C(=O)O. The van der Waals surface area contributed by atoms with Gasteiger partial charge in [0.05, 0.1) is 34.4 Å². The van der Waals surface area contributed by atoms with Crippen LogP contribution in [-0.2, 0) is 33.3 Å². The molecule has 0 saturated heterocycles. The minimum atomic E-state index is -1.51. The summed E-state index contributed by atoms with van der Waals surface area (Å²) >= 11 is 0. The number of unbranched alkanes of at least 4 members (excludes halogenated alkanes) is 71. The maximum atomic E-state index is 13.0. The predicted octanol–water partition coefficient (Wildman–Crippen LogP) is 28.9. The fourth-order valence-corrected chi connectivity index (χ4v) is 14.3. The Labute approximate surface area is 613 Å². The molecule has 2 unspecified atom stereocenters. The van der Waals surface area contributed by atoms with Crippen molar-refractivity contribution in [3.63, 3.8) is 0 Å². The van der Waals surface area contributed by atoms with Gasteiger partial charge in [0.15, 0.2) is 6.10 Å². The topological polar surface area (TPSA) is 108 Å². The number of nitrogens with zero attached hydrogens (tertiary/aromatic N) is 1. The molecule has 0 saturated carbocycles. The molecule has 0 rings (SSSR count). The van der Waals surface area contributed by atoms with Crippen LogP contribution in [0, 0.1) is 0 Å². The largest absolute Gasteiger partial charge is 0.477 e. The van der Waals surface area contributed by atoms with Crippen molar-refractivity contribution >= 4 is 17.9 Å². The summed E-state index contributed by atoms with van der Waals surface area (Å²) in [5.41, 5.74) is 0. The van der Waals surface area contributed by atoms with Gasteiger partial charge in [-0.05, 0) is 12.8 Å². The van der Waals surface area contributed by atoms with Crippen molar-refractivity contribution in [2.75, 3.05) is 47.5 Å². The van der Waals surface area contributed by atoms with Crippen LogP contribution in [0.25, 0.3) is 0 Å². The molecule has 98 heavy (non-hydrogen) atoms. The van der Waals surface area contributed by atoms with Gasteiger partial charge in [0.1, 0.15) is 13.2 Å². The Morgan fingerprint density at radius 2 is 0.459 bits per heavy atom. The second kappa shape index (κ2) is 81.0. The lowest BCUT2D eigenvalue weighted by Gasteiger charge is -2.25. The van der Waals surface area contributed by atoms with Gasteiger partial charge in [0.2, 0.25) is 0 Å². The molecule has 0 aliphatic heterocycles. The van der Waals surface area contributed by atoms with E-state index in [4.69, 9.17) is 18.9 Å². The standard InChI is InChI=1S/C89H175NO8/c1-6-8-10-12-14-16-18-20-22-24-26-28-30-32-34-36-38-40-42-43-44-46-48-50-52-54-56-58-60-62-64-66-68-70-72-74-76-78-80-87(92)98-85(84-97-89(88(93)94)95-82-81-90(3,4)5)83-96-86(91)79-77-75-73-71-69-67-65-63-61-59-57-55-53-51-49-47-45-41-39-37-35-33-31-29-27-25-23-21-19-17-15-13-11-9-7-2/h85,89H,6-84H2,1-5H3/p+1. The lowest BCUT2D eigenvalue weighted by atomic mass is 10.0. The second-order valence-corrected chi connectivity index (χ2v) is 32.3. The van der Waals surface area contributed by atoms with Crippen LogP contribution in [0.5, 0.6) is 0 Å². The van der Waals surface area contributed by atoms with E-state index in [-0.39, 0.29) is 38.2 Å². The van der Waals surface area contributed by atoms with Crippen LogP contribution < -0.4 is 0 Å². The van der Waals surface area contributed by atoms with Crippen molar-refractivity contribution in [1.82, 2.24) is 0 Å². The van der Waals surface area contributed by atoms with Crippen LogP contribution in [0.3, 0.4) is 0 Å². The van der Waals surface area contributed by atoms with E-state index >= 15 is 0 Å². The van der Waals surface area contributed by atoms with E-state index in [2.05, 4.69) is 13.8 Å². The third kappa shape index (κ3) is 81.6. The normalized spacial score (nSPS) is 12.5. The van der Waals surface area contributed by atoms with E-state index in [1.165, 1.54) is 430 Å². The summed E-state index contributed by atoms with van der Waals surface area (Å²) in [6.07, 6.45) is 98.9. The van der Waals surface area contributed by atoms with Gasteiger partial charge in [0, 0.05) is 12.8 Å². The van der Waals surface area contributed by atoms with Gasteiger partial charge in [-0.1, -0.05) is 470 Å². The summed E-state index contributed by atoms with van der Waals surface area (Å²) in [7, 11) is 6.01. The highest BCUT2D eigenvalue weighted by molar-refractivity contribution is 5.71. The molecule has 0 aromatic rings. The van der Waals surface area contributed by atoms with Gasteiger partial charge >= 0.3 is 17.9 Å². The molecule has 0 aliphatic carbocycles. The summed E-state index contributed by atoms with van der Waals surface area (Å²) in [6.45, 7) is 4.99. The van der Waals surface area contributed by atoms with Crippen molar-refractivity contribution in [3.8, 4) is 0 Å². The highest BCUT2D eigenvalue weighted by atomic mass is 16.7. The molecule has 2 atom stereocenters. The monoisotopic (exact) mass is 1390 g/mol. The van der Waals surface area contributed by atoms with E-state index in [0.29, 0.717) is 17.4 Å². The average molecular weight is 1390 g/mol. The molecule has 0 amide bonds. The first-order chi connectivity index (χ1) is 48.1. The zero-order valence-corrected chi connectivity index (χ0v) is 67.3. The van der Waals surface area contributed by atoms with Crippen LogP contribution >= 0.6 is 0 Å². The number of esters is 2. The molecule has 0 aliphatic rings. The highest BCUT2D eigenvalue weighted by Gasteiger charge is 2.25. The number of carboxylic acids is 1. The Morgan fingerprint density at radius 3 is 0.653 bits per heavy atom. The fraction of sp³-hybridized carbons (Fsp3) is 0.966. The van der Waals surface area contributed by atoms with Crippen LogP contribution in [0.1, 0.15) is 495 Å². The molecular weight excluding hydrogens is 1210 g/mol. The first kappa shape index (κ1) is 96.3. The predicted molar refractivity (Wildman–Crippen MR) is 425 cm³/mol. The molecule has 0 fully saturated rings. The molecule has 9 heteroatoms. The third-order valence-electron chi connectivity index (χ3n) is 21.1. The van der Waals surface area contributed by atoms with E-state index in [9.17, 15) is 19.5 Å². The van der Waals surface area contributed by atoms with Crippen LogP contribution in [0.15, 0.2) is 0 Å². The van der Waals surface area contributed by atoms with Gasteiger partial charge in [-0.15, -0.1) is 0 Å². The Hall–Kier alpha value is -1.71. The maximum Gasteiger partial charge on any atom is 0.361 e. The molecule has 0 aromatic carbocycles. The second-order valence-electron chi connectivity index (χ2n) is 32.3. The number of likely N-dealkylation sites (N-methyl/N-ethyl adjacent to an activating group) is 1. The summed E-state index contributed by atoms with van der Waals surface area (Å²) in [5.74, 6) is -1.96. The van der Waals surface area contributed by atoms with Crippen molar-refractivity contribution in [1.29, 1.82) is 0 Å². The Kier molecular flexibility index (Phi) is 79.6. The molecule has 584 valence electrons. The molecule has 1 N–H and O–H groups in total. The maximum absolute atomic E-state index is 13.0. The number of carboxylic acid groups (broad SMARTS) is 1. The number of carbonyl (C=O) groups excluding carboxylic acids is 2. The molecule has 9 nitrogen and oxygen atoms in total. The lowest BCUT2D eigenvalue weighted by molar-refractivity contribution is -0.870. The van der Waals surface area contributed by atoms with Crippen molar-refractivity contribution in [2.24, 2.45) is 0 Å². The number of quaternary nitrogens is 1. The van der Waals surface area contributed by atoms with Gasteiger partial charge in [0.25, 0.3) is 6.29 Å². The quantitative estimate of drug-likeness (QED) is 0.0278. The Bertz CT molecular complexity index is 1570. The van der Waals surface area contributed by atoms with Gasteiger partial charge in [-0.3, -0.25) is 9.59 Å². The minimum absolute atomic E-state index is 0.171. The smallest absolute Gasteiger partial charge is 0.361 e. The molecule has 0 heterocycles. The van der Waals surface area contributed by atoms with E-state index < -0.39 is 18.4 Å². The average Bonchev–Trinajstić information content (AvgIpc) is 1.34. The molecular formula is C89H176NO8+. The van der Waals surface area contributed by atoms with E-state index in [0.717, 1.165) is 38.5 Å². The Morgan fingerprint density at radius 1 is 0.265 bits per heavy atom. The minimum Gasteiger partial charge on any atom is -0.477 e. The highest BCUT2D eigenvalue weighted by Crippen LogP contribution is 2.22.